The van der Waals surface area contributed by atoms with Gasteiger partial charge in [-0.15, -0.1) is 5.10 Å². The lowest BCUT2D eigenvalue weighted by Crippen LogP contribution is -2.31. The first-order valence-electron chi connectivity index (χ1n) is 6.44. The van der Waals surface area contributed by atoms with E-state index in [1.165, 1.54) is 5.56 Å². The van der Waals surface area contributed by atoms with Crippen molar-refractivity contribution >= 4 is 5.82 Å². The summed E-state index contributed by atoms with van der Waals surface area (Å²) >= 11 is 0. The smallest absolute Gasteiger partial charge is 0.151 e. The molecule has 1 aromatic heterocycles. The maximum absolute atomic E-state index is 9.00. The first kappa shape index (κ1) is 13.5. The molecule has 0 aliphatic carbocycles. The number of nitrogens with zero attached hydrogens (tertiary/aromatic N) is 3. The molecule has 0 fully saturated rings. The van der Waals surface area contributed by atoms with Gasteiger partial charge in [0.25, 0.3) is 0 Å². The normalized spacial score (nSPS) is 10.7. The highest BCUT2D eigenvalue weighted by molar-refractivity contribution is 5.39. The molecule has 4 heteroatoms. The Morgan fingerprint density at radius 3 is 2.32 bits per heavy atom. The first-order chi connectivity index (χ1) is 9.20. The minimum atomic E-state index is -0.0758. The Bertz CT molecular complexity index is 497. The van der Waals surface area contributed by atoms with E-state index in [2.05, 4.69) is 41.1 Å². The minimum absolute atomic E-state index is 0.0758. The number of hydrogen-bond acceptors (Lipinski definition) is 4. The molecule has 1 N–H and O–H groups in total. The highest BCUT2D eigenvalue weighted by atomic mass is 16.3. The second-order valence-corrected chi connectivity index (χ2v) is 4.75. The van der Waals surface area contributed by atoms with E-state index in [0.717, 1.165) is 12.4 Å². The molecule has 0 saturated carbocycles. The maximum atomic E-state index is 9.00. The maximum Gasteiger partial charge on any atom is 0.151 e. The van der Waals surface area contributed by atoms with E-state index in [1.807, 2.05) is 30.3 Å². The summed E-state index contributed by atoms with van der Waals surface area (Å²) in [4.78, 5) is 2.18. The number of anilines is 1. The van der Waals surface area contributed by atoms with Crippen LogP contribution >= 0.6 is 0 Å². The van der Waals surface area contributed by atoms with Crippen LogP contribution in [-0.4, -0.2) is 21.3 Å². The van der Waals surface area contributed by atoms with E-state index in [9.17, 15) is 0 Å². The molecular formula is C15H19N3O. The van der Waals surface area contributed by atoms with Gasteiger partial charge in [-0.1, -0.05) is 30.3 Å². The van der Waals surface area contributed by atoms with Gasteiger partial charge in [-0.05, 0) is 31.5 Å². The van der Waals surface area contributed by atoms with E-state index < -0.39 is 0 Å². The fraction of sp³-hybridized carbons (Fsp3) is 0.333. The number of hydrogen-bond donors (Lipinski definition) is 1. The van der Waals surface area contributed by atoms with Gasteiger partial charge in [0.2, 0.25) is 0 Å². The van der Waals surface area contributed by atoms with E-state index in [1.54, 1.807) is 0 Å². The molecule has 1 heterocycles. The van der Waals surface area contributed by atoms with Crippen LogP contribution in [0.25, 0.3) is 0 Å². The highest BCUT2D eigenvalue weighted by Crippen LogP contribution is 2.17. The summed E-state index contributed by atoms with van der Waals surface area (Å²) in [6.45, 7) is 4.98. The van der Waals surface area contributed by atoms with Crippen molar-refractivity contribution in [2.45, 2.75) is 33.0 Å². The largest absolute Gasteiger partial charge is 0.390 e. The van der Waals surface area contributed by atoms with Gasteiger partial charge in [0.1, 0.15) is 0 Å². The summed E-state index contributed by atoms with van der Waals surface area (Å²) in [5.74, 6) is 0.830. The number of aliphatic hydroxyl groups excluding tert-OH is 1. The Morgan fingerprint density at radius 2 is 1.79 bits per heavy atom. The fourth-order valence-electron chi connectivity index (χ4n) is 1.90. The van der Waals surface area contributed by atoms with Gasteiger partial charge >= 0.3 is 0 Å². The third-order valence-corrected chi connectivity index (χ3v) is 2.98. The molecule has 0 unspecified atom stereocenters. The van der Waals surface area contributed by atoms with Crippen molar-refractivity contribution in [3.63, 3.8) is 0 Å². The molecule has 0 saturated heterocycles. The number of rotatable bonds is 5. The standard InChI is InChI=1S/C15H19N3O/c1-12(2)18(10-13-6-4-3-5-7-13)15-9-8-14(11-19)16-17-15/h3-9,12,19H,10-11H2,1-2H3. The zero-order valence-corrected chi connectivity index (χ0v) is 11.3. The predicted octanol–water partition coefficient (Wildman–Crippen LogP) is 2.38. The van der Waals surface area contributed by atoms with E-state index in [-0.39, 0.29) is 6.61 Å². The minimum Gasteiger partial charge on any atom is -0.390 e. The lowest BCUT2D eigenvalue weighted by atomic mass is 10.2. The average Bonchev–Trinajstić information content (AvgIpc) is 2.46. The van der Waals surface area contributed by atoms with Gasteiger partial charge in [0.05, 0.1) is 12.3 Å². The zero-order valence-electron chi connectivity index (χ0n) is 11.3. The SMILES string of the molecule is CC(C)N(Cc1ccccc1)c1ccc(CO)nn1. The molecule has 2 rings (SSSR count). The zero-order chi connectivity index (χ0) is 13.7. The van der Waals surface area contributed by atoms with Crippen molar-refractivity contribution in [2.24, 2.45) is 0 Å². The third kappa shape index (κ3) is 3.51. The Hall–Kier alpha value is -1.94. The van der Waals surface area contributed by atoms with Crippen LogP contribution in [-0.2, 0) is 13.2 Å². The molecule has 2 aromatic rings. The van der Waals surface area contributed by atoms with E-state index >= 15 is 0 Å². The summed E-state index contributed by atoms with van der Waals surface area (Å²) in [5, 5.41) is 17.2. The van der Waals surface area contributed by atoms with Crippen LogP contribution in [0.2, 0.25) is 0 Å². The molecule has 19 heavy (non-hydrogen) atoms. The van der Waals surface area contributed by atoms with Crippen molar-refractivity contribution in [3.05, 3.63) is 53.7 Å². The molecule has 0 radical (unpaired) electrons. The summed E-state index contributed by atoms with van der Waals surface area (Å²) in [7, 11) is 0. The van der Waals surface area contributed by atoms with E-state index in [0.29, 0.717) is 11.7 Å². The van der Waals surface area contributed by atoms with Crippen molar-refractivity contribution in [3.8, 4) is 0 Å². The monoisotopic (exact) mass is 257 g/mol. The molecular weight excluding hydrogens is 238 g/mol. The van der Waals surface area contributed by atoms with Gasteiger partial charge in [-0.25, -0.2) is 0 Å². The summed E-state index contributed by atoms with van der Waals surface area (Å²) in [6.07, 6.45) is 0. The second-order valence-electron chi connectivity index (χ2n) is 4.75. The quantitative estimate of drug-likeness (QED) is 0.893. The molecule has 0 aliphatic rings. The average molecular weight is 257 g/mol. The molecule has 0 aliphatic heterocycles. The van der Waals surface area contributed by atoms with Gasteiger partial charge in [-0.3, -0.25) is 0 Å². The van der Waals surface area contributed by atoms with Crippen LogP contribution in [0, 0.1) is 0 Å². The Labute approximate surface area is 113 Å². The van der Waals surface area contributed by atoms with E-state index in [4.69, 9.17) is 5.11 Å². The number of aromatic nitrogens is 2. The van der Waals surface area contributed by atoms with Crippen LogP contribution in [0.15, 0.2) is 42.5 Å². The van der Waals surface area contributed by atoms with Gasteiger partial charge in [0, 0.05) is 12.6 Å². The molecule has 0 spiro atoms. The Balaban J connectivity index is 2.19. The number of benzene rings is 1. The molecule has 1 aromatic carbocycles. The van der Waals surface area contributed by atoms with Crippen LogP contribution < -0.4 is 4.90 Å². The second kappa shape index (κ2) is 6.29. The van der Waals surface area contributed by atoms with Crippen LogP contribution in [0.1, 0.15) is 25.1 Å². The summed E-state index contributed by atoms with van der Waals surface area (Å²) in [5.41, 5.74) is 1.83. The van der Waals surface area contributed by atoms with Gasteiger partial charge in [-0.2, -0.15) is 5.10 Å². The predicted molar refractivity (Wildman–Crippen MR) is 75.7 cm³/mol. The first-order valence-corrected chi connectivity index (χ1v) is 6.44. The van der Waals surface area contributed by atoms with Crippen LogP contribution in [0.3, 0.4) is 0 Å². The molecule has 0 amide bonds. The van der Waals surface area contributed by atoms with Crippen molar-refractivity contribution in [2.75, 3.05) is 4.90 Å². The van der Waals surface area contributed by atoms with Crippen LogP contribution in [0.4, 0.5) is 5.82 Å². The lowest BCUT2D eigenvalue weighted by molar-refractivity contribution is 0.275. The van der Waals surface area contributed by atoms with Crippen molar-refractivity contribution in [1.29, 1.82) is 0 Å². The van der Waals surface area contributed by atoms with Crippen molar-refractivity contribution < 1.29 is 5.11 Å². The van der Waals surface area contributed by atoms with Crippen LogP contribution in [0.5, 0.6) is 0 Å². The van der Waals surface area contributed by atoms with Crippen molar-refractivity contribution in [1.82, 2.24) is 10.2 Å². The molecule has 0 atom stereocenters. The third-order valence-electron chi connectivity index (χ3n) is 2.98. The van der Waals surface area contributed by atoms with Gasteiger partial charge in [0.15, 0.2) is 5.82 Å². The Morgan fingerprint density at radius 1 is 1.05 bits per heavy atom. The van der Waals surface area contributed by atoms with Gasteiger partial charge < -0.3 is 10.0 Å². The molecule has 0 bridgehead atoms. The lowest BCUT2D eigenvalue weighted by Gasteiger charge is -2.27. The summed E-state index contributed by atoms with van der Waals surface area (Å²) in [6, 6.07) is 14.3. The fourth-order valence-corrected chi connectivity index (χ4v) is 1.90. The number of aliphatic hydroxyl groups is 1. The highest BCUT2D eigenvalue weighted by Gasteiger charge is 2.13. The topological polar surface area (TPSA) is 49.2 Å². The molecule has 4 nitrogen and oxygen atoms in total. The molecule has 100 valence electrons. The Kier molecular flexibility index (Phi) is 4.47. The summed E-state index contributed by atoms with van der Waals surface area (Å²) < 4.78 is 0.